The van der Waals surface area contributed by atoms with E-state index in [1.54, 1.807) is 0 Å². The van der Waals surface area contributed by atoms with Crippen molar-refractivity contribution in [3.8, 4) is 0 Å². The van der Waals surface area contributed by atoms with Crippen LogP contribution in [0.25, 0.3) is 0 Å². The van der Waals surface area contributed by atoms with Crippen LogP contribution in [0.1, 0.15) is 36.0 Å². The maximum Gasteiger partial charge on any atom is 0.255 e. The predicted octanol–water partition coefficient (Wildman–Crippen LogP) is 4.06. The second-order valence-electron chi connectivity index (χ2n) is 6.21. The van der Waals surface area contributed by atoms with Crippen LogP contribution in [0.3, 0.4) is 0 Å². The van der Waals surface area contributed by atoms with Crippen molar-refractivity contribution < 1.29 is 17.6 Å². The highest BCUT2D eigenvalue weighted by atomic mass is 79.9. The molecule has 2 aromatic rings. The fourth-order valence-corrected chi connectivity index (χ4v) is 4.64. The number of sulfonamides is 1. The van der Waals surface area contributed by atoms with E-state index in [0.717, 1.165) is 25.7 Å². The highest BCUT2D eigenvalue weighted by Crippen LogP contribution is 2.22. The Morgan fingerprint density at radius 3 is 2.54 bits per heavy atom. The summed E-state index contributed by atoms with van der Waals surface area (Å²) in [4.78, 5) is 12.5. The van der Waals surface area contributed by atoms with Crippen molar-refractivity contribution in [3.05, 3.63) is 58.3 Å². The van der Waals surface area contributed by atoms with Gasteiger partial charge in [0.2, 0.25) is 10.0 Å². The standard InChI is InChI=1S/C18H18BrFN2O3S/c19-16-11-14(8-9-17(16)20)21-18(23)12-4-3-7-15(10-12)26(24,25)22-13-5-1-2-6-13/h3-4,7-11,13,22H,1-2,5-6H2,(H,21,23). The van der Waals surface area contributed by atoms with Gasteiger partial charge in [-0.25, -0.2) is 17.5 Å². The third-order valence-corrected chi connectivity index (χ3v) is 6.39. The first-order valence-corrected chi connectivity index (χ1v) is 10.5. The molecule has 2 aromatic carbocycles. The van der Waals surface area contributed by atoms with Gasteiger partial charge in [0.25, 0.3) is 5.91 Å². The Kier molecular flexibility index (Phi) is 5.74. The molecule has 1 fully saturated rings. The smallest absolute Gasteiger partial charge is 0.255 e. The van der Waals surface area contributed by atoms with Crippen molar-refractivity contribution in [1.82, 2.24) is 4.72 Å². The number of carbonyl (C=O) groups is 1. The first-order chi connectivity index (χ1) is 12.3. The van der Waals surface area contributed by atoms with Crippen LogP contribution in [-0.2, 0) is 10.0 Å². The summed E-state index contributed by atoms with van der Waals surface area (Å²) in [5.74, 6) is -0.907. The van der Waals surface area contributed by atoms with Gasteiger partial charge in [-0.1, -0.05) is 18.9 Å². The molecule has 138 valence electrons. The number of hydrogen-bond acceptors (Lipinski definition) is 3. The van der Waals surface area contributed by atoms with Crippen LogP contribution in [0.15, 0.2) is 51.8 Å². The van der Waals surface area contributed by atoms with E-state index < -0.39 is 21.7 Å². The summed E-state index contributed by atoms with van der Waals surface area (Å²) < 4.78 is 41.2. The zero-order valence-corrected chi connectivity index (χ0v) is 16.2. The molecule has 1 aliphatic rings. The lowest BCUT2D eigenvalue weighted by Gasteiger charge is -2.13. The summed E-state index contributed by atoms with van der Waals surface area (Å²) >= 11 is 3.06. The van der Waals surface area contributed by atoms with Crippen LogP contribution in [0.4, 0.5) is 10.1 Å². The Labute approximate surface area is 160 Å². The molecule has 0 radical (unpaired) electrons. The topological polar surface area (TPSA) is 75.3 Å². The Morgan fingerprint density at radius 2 is 1.85 bits per heavy atom. The molecule has 1 saturated carbocycles. The minimum atomic E-state index is -3.67. The number of rotatable bonds is 5. The molecule has 3 rings (SSSR count). The van der Waals surface area contributed by atoms with Gasteiger partial charge < -0.3 is 5.32 Å². The first kappa shape index (κ1) is 19.0. The Morgan fingerprint density at radius 1 is 1.12 bits per heavy atom. The van der Waals surface area contributed by atoms with Gasteiger partial charge in [0.05, 0.1) is 9.37 Å². The molecule has 0 spiro atoms. The van der Waals surface area contributed by atoms with Gasteiger partial charge in [0.15, 0.2) is 0 Å². The summed E-state index contributed by atoms with van der Waals surface area (Å²) in [5, 5.41) is 2.63. The second kappa shape index (κ2) is 7.85. The van der Waals surface area contributed by atoms with Crippen molar-refractivity contribution in [3.63, 3.8) is 0 Å². The largest absolute Gasteiger partial charge is 0.322 e. The fraction of sp³-hybridized carbons (Fsp3) is 0.278. The summed E-state index contributed by atoms with van der Waals surface area (Å²) in [6.07, 6.45) is 3.70. The third-order valence-electron chi connectivity index (χ3n) is 4.26. The molecule has 0 heterocycles. The van der Waals surface area contributed by atoms with E-state index in [2.05, 4.69) is 26.0 Å². The van der Waals surface area contributed by atoms with E-state index in [1.807, 2.05) is 0 Å². The maximum absolute atomic E-state index is 13.3. The predicted molar refractivity (Wildman–Crippen MR) is 101 cm³/mol. The van der Waals surface area contributed by atoms with Crippen LogP contribution in [-0.4, -0.2) is 20.4 Å². The SMILES string of the molecule is O=C(Nc1ccc(F)c(Br)c1)c1cccc(S(=O)(=O)NC2CCCC2)c1. The van der Waals surface area contributed by atoms with Crippen LogP contribution < -0.4 is 10.0 Å². The minimum Gasteiger partial charge on any atom is -0.322 e. The van der Waals surface area contributed by atoms with Crippen LogP contribution in [0.2, 0.25) is 0 Å². The number of nitrogens with one attached hydrogen (secondary N) is 2. The molecule has 0 saturated heterocycles. The number of anilines is 1. The third kappa shape index (κ3) is 4.49. The Balaban J connectivity index is 1.77. The monoisotopic (exact) mass is 440 g/mol. The lowest BCUT2D eigenvalue weighted by molar-refractivity contribution is 0.102. The number of carbonyl (C=O) groups excluding carboxylic acids is 1. The summed E-state index contributed by atoms with van der Waals surface area (Å²) in [5.41, 5.74) is 0.611. The zero-order chi connectivity index (χ0) is 18.7. The van der Waals surface area contributed by atoms with Gasteiger partial charge in [-0.2, -0.15) is 0 Å². The van der Waals surface area contributed by atoms with E-state index in [-0.39, 0.29) is 21.0 Å². The van der Waals surface area contributed by atoms with E-state index in [9.17, 15) is 17.6 Å². The summed E-state index contributed by atoms with van der Waals surface area (Å²) in [6.45, 7) is 0. The minimum absolute atomic E-state index is 0.0472. The molecular formula is C18H18BrFN2O3S. The summed E-state index contributed by atoms with van der Waals surface area (Å²) in [6, 6.07) is 9.91. The average molecular weight is 441 g/mol. The first-order valence-electron chi connectivity index (χ1n) is 8.24. The van der Waals surface area contributed by atoms with Gasteiger partial charge in [-0.3, -0.25) is 4.79 Å². The van der Waals surface area contributed by atoms with Crippen molar-refractivity contribution in [2.75, 3.05) is 5.32 Å². The van der Waals surface area contributed by atoms with Crippen LogP contribution >= 0.6 is 15.9 Å². The van der Waals surface area contributed by atoms with E-state index in [1.165, 1.54) is 42.5 Å². The van der Waals surface area contributed by atoms with Crippen molar-refractivity contribution in [1.29, 1.82) is 0 Å². The van der Waals surface area contributed by atoms with Crippen LogP contribution in [0.5, 0.6) is 0 Å². The summed E-state index contributed by atoms with van der Waals surface area (Å²) in [7, 11) is -3.67. The van der Waals surface area contributed by atoms with Crippen molar-refractivity contribution in [2.24, 2.45) is 0 Å². The highest BCUT2D eigenvalue weighted by molar-refractivity contribution is 9.10. The molecule has 0 atom stereocenters. The molecule has 26 heavy (non-hydrogen) atoms. The molecule has 5 nitrogen and oxygen atoms in total. The molecule has 0 unspecified atom stereocenters. The lowest BCUT2D eigenvalue weighted by atomic mass is 10.2. The van der Waals surface area contributed by atoms with Gasteiger partial charge in [-0.05, 0) is 65.2 Å². The highest BCUT2D eigenvalue weighted by Gasteiger charge is 2.23. The zero-order valence-electron chi connectivity index (χ0n) is 13.8. The molecule has 1 aliphatic carbocycles. The van der Waals surface area contributed by atoms with Crippen LogP contribution in [0, 0.1) is 5.82 Å². The Bertz CT molecular complexity index is 928. The van der Waals surface area contributed by atoms with Crippen molar-refractivity contribution in [2.45, 2.75) is 36.6 Å². The van der Waals surface area contributed by atoms with Gasteiger partial charge in [0.1, 0.15) is 5.82 Å². The number of hydrogen-bond donors (Lipinski definition) is 2. The molecule has 0 bridgehead atoms. The number of benzene rings is 2. The van der Waals surface area contributed by atoms with E-state index in [0.29, 0.717) is 5.69 Å². The molecule has 2 N–H and O–H groups in total. The van der Waals surface area contributed by atoms with Gasteiger partial charge >= 0.3 is 0 Å². The number of halogens is 2. The van der Waals surface area contributed by atoms with E-state index in [4.69, 9.17) is 0 Å². The van der Waals surface area contributed by atoms with Crippen molar-refractivity contribution >= 4 is 37.5 Å². The normalized spacial score (nSPS) is 15.2. The maximum atomic E-state index is 13.3. The molecule has 0 aliphatic heterocycles. The second-order valence-corrected chi connectivity index (χ2v) is 8.78. The quantitative estimate of drug-likeness (QED) is 0.735. The molecular weight excluding hydrogens is 423 g/mol. The van der Waals surface area contributed by atoms with Gasteiger partial charge in [-0.15, -0.1) is 0 Å². The Hall–Kier alpha value is -1.77. The lowest BCUT2D eigenvalue weighted by Crippen LogP contribution is -2.32. The molecule has 0 aromatic heterocycles. The van der Waals surface area contributed by atoms with E-state index >= 15 is 0 Å². The van der Waals surface area contributed by atoms with Gasteiger partial charge in [0, 0.05) is 17.3 Å². The number of amides is 1. The molecule has 8 heteroatoms. The fourth-order valence-electron chi connectivity index (χ4n) is 2.91. The molecule has 1 amide bonds. The average Bonchev–Trinajstić information content (AvgIpc) is 3.10.